The molecule has 0 saturated carbocycles. The van der Waals surface area contributed by atoms with Gasteiger partial charge in [0.25, 0.3) is 5.91 Å². The molecule has 3 amide bonds. The summed E-state index contributed by atoms with van der Waals surface area (Å²) in [6, 6.07) is 5.88. The van der Waals surface area contributed by atoms with Crippen molar-refractivity contribution < 1.29 is 19.1 Å². The van der Waals surface area contributed by atoms with Gasteiger partial charge in [-0.3, -0.25) is 19.3 Å². The first-order chi connectivity index (χ1) is 13.2. The number of anilines is 1. The zero-order valence-electron chi connectivity index (χ0n) is 17.2. The van der Waals surface area contributed by atoms with Crippen LogP contribution in [0.2, 0.25) is 0 Å². The molecule has 0 atom stereocenters. The molecule has 2 aliphatic heterocycles. The zero-order valence-corrected chi connectivity index (χ0v) is 17.2. The van der Waals surface area contributed by atoms with Crippen molar-refractivity contribution in [2.75, 3.05) is 44.2 Å². The highest BCUT2D eigenvalue weighted by atomic mass is 16.5. The van der Waals surface area contributed by atoms with Crippen molar-refractivity contribution in [1.82, 2.24) is 9.80 Å². The van der Waals surface area contributed by atoms with Crippen LogP contribution in [0.25, 0.3) is 0 Å². The fourth-order valence-corrected chi connectivity index (χ4v) is 3.51. The predicted molar refractivity (Wildman–Crippen MR) is 106 cm³/mol. The minimum absolute atomic E-state index is 0.00866. The van der Waals surface area contributed by atoms with Gasteiger partial charge in [-0.15, -0.1) is 0 Å². The molecule has 1 aromatic carbocycles. The van der Waals surface area contributed by atoms with Crippen LogP contribution in [-0.2, 0) is 19.8 Å². The second kappa shape index (κ2) is 7.81. The van der Waals surface area contributed by atoms with Crippen LogP contribution in [0.15, 0.2) is 18.2 Å². The van der Waals surface area contributed by atoms with Gasteiger partial charge in [0.05, 0.1) is 5.69 Å². The molecule has 2 aliphatic rings. The fraction of sp³-hybridized carbons (Fsp3) is 0.571. The molecule has 1 fully saturated rings. The van der Waals surface area contributed by atoms with E-state index in [4.69, 9.17) is 4.74 Å². The Morgan fingerprint density at radius 2 is 1.75 bits per heavy atom. The van der Waals surface area contributed by atoms with Gasteiger partial charge in [-0.25, -0.2) is 0 Å². The quantitative estimate of drug-likeness (QED) is 0.790. The van der Waals surface area contributed by atoms with Crippen molar-refractivity contribution in [3.05, 3.63) is 23.8 Å². The van der Waals surface area contributed by atoms with Crippen LogP contribution in [0.1, 0.15) is 39.7 Å². The lowest BCUT2D eigenvalue weighted by molar-refractivity contribution is -0.138. The average molecular weight is 387 g/mol. The number of carbonyl (C=O) groups excluding carboxylic acids is 3. The van der Waals surface area contributed by atoms with E-state index < -0.39 is 0 Å². The molecular weight excluding hydrogens is 358 g/mol. The summed E-state index contributed by atoms with van der Waals surface area (Å²) in [4.78, 5) is 41.8. The fourth-order valence-electron chi connectivity index (χ4n) is 3.51. The van der Waals surface area contributed by atoms with Crippen LogP contribution < -0.4 is 9.64 Å². The van der Waals surface area contributed by atoms with Gasteiger partial charge < -0.3 is 14.5 Å². The summed E-state index contributed by atoms with van der Waals surface area (Å²) >= 11 is 0. The summed E-state index contributed by atoms with van der Waals surface area (Å²) in [5.41, 5.74) is 1.74. The van der Waals surface area contributed by atoms with E-state index in [2.05, 4.69) is 20.8 Å². The van der Waals surface area contributed by atoms with Gasteiger partial charge in [-0.2, -0.15) is 0 Å². The largest absolute Gasteiger partial charge is 0.482 e. The SMILES string of the molecule is CCC(C)(C)c1ccc2c(c1)N(CC(=O)N1CCN(C(C)=O)CC1)C(=O)CO2. The minimum Gasteiger partial charge on any atom is -0.482 e. The van der Waals surface area contributed by atoms with Crippen molar-refractivity contribution in [3.8, 4) is 5.75 Å². The van der Waals surface area contributed by atoms with Gasteiger partial charge in [0.15, 0.2) is 6.61 Å². The Bertz CT molecular complexity index is 782. The molecule has 0 N–H and O–H groups in total. The Morgan fingerprint density at radius 1 is 1.11 bits per heavy atom. The summed E-state index contributed by atoms with van der Waals surface area (Å²) in [5, 5.41) is 0. The highest BCUT2D eigenvalue weighted by Crippen LogP contribution is 2.37. The highest BCUT2D eigenvalue weighted by molar-refractivity contribution is 6.02. The molecule has 28 heavy (non-hydrogen) atoms. The number of benzene rings is 1. The van der Waals surface area contributed by atoms with Crippen molar-refractivity contribution in [1.29, 1.82) is 0 Å². The molecule has 1 saturated heterocycles. The molecule has 0 radical (unpaired) electrons. The monoisotopic (exact) mass is 387 g/mol. The molecule has 1 aromatic rings. The number of carbonyl (C=O) groups is 3. The summed E-state index contributed by atoms with van der Waals surface area (Å²) in [6.45, 7) is 9.96. The highest BCUT2D eigenvalue weighted by Gasteiger charge is 2.31. The van der Waals surface area contributed by atoms with Crippen molar-refractivity contribution >= 4 is 23.4 Å². The molecule has 0 aliphatic carbocycles. The van der Waals surface area contributed by atoms with Gasteiger partial charge in [0, 0.05) is 33.1 Å². The Labute approximate surface area is 166 Å². The van der Waals surface area contributed by atoms with E-state index in [1.165, 1.54) is 11.8 Å². The third kappa shape index (κ3) is 3.98. The molecule has 152 valence electrons. The molecular formula is C21H29N3O4. The zero-order chi connectivity index (χ0) is 20.5. The van der Waals surface area contributed by atoms with E-state index in [1.54, 1.807) is 9.80 Å². The Morgan fingerprint density at radius 3 is 2.36 bits per heavy atom. The molecule has 7 heteroatoms. The predicted octanol–water partition coefficient (Wildman–Crippen LogP) is 1.79. The van der Waals surface area contributed by atoms with E-state index in [-0.39, 0.29) is 36.3 Å². The first-order valence-electron chi connectivity index (χ1n) is 9.84. The van der Waals surface area contributed by atoms with Crippen LogP contribution in [0.4, 0.5) is 5.69 Å². The molecule has 0 spiro atoms. The number of hydrogen-bond donors (Lipinski definition) is 0. The lowest BCUT2D eigenvalue weighted by Gasteiger charge is -2.36. The molecule has 7 nitrogen and oxygen atoms in total. The minimum atomic E-state index is -0.213. The van der Waals surface area contributed by atoms with E-state index in [0.717, 1.165) is 12.0 Å². The maximum Gasteiger partial charge on any atom is 0.265 e. The van der Waals surface area contributed by atoms with Crippen LogP contribution >= 0.6 is 0 Å². The Hall–Kier alpha value is -2.57. The van der Waals surface area contributed by atoms with Gasteiger partial charge >= 0.3 is 0 Å². The maximum absolute atomic E-state index is 12.8. The van der Waals surface area contributed by atoms with Crippen LogP contribution in [0.3, 0.4) is 0 Å². The molecule has 3 rings (SSSR count). The summed E-state index contributed by atoms with van der Waals surface area (Å²) < 4.78 is 5.57. The van der Waals surface area contributed by atoms with Gasteiger partial charge in [-0.1, -0.05) is 26.8 Å². The number of piperazine rings is 1. The van der Waals surface area contributed by atoms with Gasteiger partial charge in [0.1, 0.15) is 12.3 Å². The number of ether oxygens (including phenoxy) is 1. The third-order valence-electron chi connectivity index (χ3n) is 5.94. The number of fused-ring (bicyclic) bond motifs is 1. The third-order valence-corrected chi connectivity index (χ3v) is 5.94. The van der Waals surface area contributed by atoms with Crippen molar-refractivity contribution in [3.63, 3.8) is 0 Å². The molecule has 0 bridgehead atoms. The molecule has 0 aromatic heterocycles. The van der Waals surface area contributed by atoms with Crippen LogP contribution in [0, 0.1) is 0 Å². The second-order valence-electron chi connectivity index (χ2n) is 8.08. The summed E-state index contributed by atoms with van der Waals surface area (Å²) in [6.07, 6.45) is 0.958. The average Bonchev–Trinajstić information content (AvgIpc) is 2.69. The van der Waals surface area contributed by atoms with Crippen LogP contribution in [0.5, 0.6) is 5.75 Å². The Kier molecular flexibility index (Phi) is 5.63. The van der Waals surface area contributed by atoms with Crippen molar-refractivity contribution in [2.24, 2.45) is 0 Å². The standard InChI is InChI=1S/C21H29N3O4/c1-5-21(3,4)16-6-7-18-17(12-16)24(20(27)14-28-18)13-19(26)23-10-8-22(9-11-23)15(2)25/h6-7,12H,5,8-11,13-14H2,1-4H3. The normalized spacial score (nSPS) is 17.3. The maximum atomic E-state index is 12.8. The number of rotatable bonds is 4. The Balaban J connectivity index is 1.77. The number of nitrogens with zero attached hydrogens (tertiary/aromatic N) is 3. The van der Waals surface area contributed by atoms with E-state index >= 15 is 0 Å². The summed E-state index contributed by atoms with van der Waals surface area (Å²) in [7, 11) is 0. The summed E-state index contributed by atoms with van der Waals surface area (Å²) in [5.74, 6) is 0.333. The van der Waals surface area contributed by atoms with E-state index in [1.807, 2.05) is 18.2 Å². The first kappa shape index (κ1) is 20.2. The van der Waals surface area contributed by atoms with Crippen LogP contribution in [-0.4, -0.2) is 66.9 Å². The topological polar surface area (TPSA) is 70.2 Å². The molecule has 2 heterocycles. The van der Waals surface area contributed by atoms with E-state index in [9.17, 15) is 14.4 Å². The number of hydrogen-bond acceptors (Lipinski definition) is 4. The van der Waals surface area contributed by atoms with E-state index in [0.29, 0.717) is 37.6 Å². The smallest absolute Gasteiger partial charge is 0.265 e. The molecule has 0 unspecified atom stereocenters. The second-order valence-corrected chi connectivity index (χ2v) is 8.08. The lowest BCUT2D eigenvalue weighted by atomic mass is 9.82. The van der Waals surface area contributed by atoms with Gasteiger partial charge in [-0.05, 0) is 29.5 Å². The van der Waals surface area contributed by atoms with Gasteiger partial charge in [0.2, 0.25) is 11.8 Å². The van der Waals surface area contributed by atoms with Crippen molar-refractivity contribution in [2.45, 2.75) is 39.5 Å². The first-order valence-corrected chi connectivity index (χ1v) is 9.84. The lowest BCUT2D eigenvalue weighted by Crippen LogP contribution is -2.53. The number of amides is 3.